The molecule has 0 atom stereocenters. The van der Waals surface area contributed by atoms with Crippen LogP contribution in [0, 0.1) is 5.92 Å². The van der Waals surface area contributed by atoms with Crippen LogP contribution in [0.4, 0.5) is 0 Å². The molecule has 0 saturated carbocycles. The Balaban J connectivity index is 2.22. The van der Waals surface area contributed by atoms with E-state index in [0.717, 1.165) is 17.9 Å². The van der Waals surface area contributed by atoms with Crippen molar-refractivity contribution in [3.63, 3.8) is 0 Å². The molecule has 1 aromatic heterocycles. The average Bonchev–Trinajstić information content (AvgIpc) is 2.83. The fraction of sp³-hybridized carbons (Fsp3) is 0.438. The quantitative estimate of drug-likeness (QED) is 0.855. The standard InChI is InChI=1S/C16H21N3O3/c1-4-19-13-6-5-11(16(21)22)9-12(13)18-14(19)7-8-17-15(20)10(2)3/h5-6,9-10H,4,7-8H2,1-3H3,(H,17,20)(H,21,22). The summed E-state index contributed by atoms with van der Waals surface area (Å²) >= 11 is 0. The van der Waals surface area contributed by atoms with Crippen LogP contribution in [0.3, 0.4) is 0 Å². The van der Waals surface area contributed by atoms with Crippen LogP contribution < -0.4 is 5.32 Å². The molecule has 6 heteroatoms. The van der Waals surface area contributed by atoms with Crippen molar-refractivity contribution in [3.05, 3.63) is 29.6 Å². The molecule has 0 aliphatic rings. The Bertz CT molecular complexity index is 704. The van der Waals surface area contributed by atoms with Crippen molar-refractivity contribution in [1.29, 1.82) is 0 Å². The van der Waals surface area contributed by atoms with Crippen molar-refractivity contribution >= 4 is 22.9 Å². The number of carboxylic acids is 1. The number of hydrogen-bond donors (Lipinski definition) is 2. The number of imidazole rings is 1. The highest BCUT2D eigenvalue weighted by Crippen LogP contribution is 2.18. The van der Waals surface area contributed by atoms with Crippen molar-refractivity contribution < 1.29 is 14.7 Å². The van der Waals surface area contributed by atoms with Gasteiger partial charge in [0.15, 0.2) is 0 Å². The highest BCUT2D eigenvalue weighted by molar-refractivity contribution is 5.92. The Morgan fingerprint density at radius 2 is 2.09 bits per heavy atom. The number of carbonyl (C=O) groups excluding carboxylic acids is 1. The number of carboxylic acid groups (broad SMARTS) is 1. The van der Waals surface area contributed by atoms with Crippen LogP contribution in [0.15, 0.2) is 18.2 Å². The van der Waals surface area contributed by atoms with Gasteiger partial charge in [0.2, 0.25) is 5.91 Å². The third-order valence-electron chi connectivity index (χ3n) is 3.56. The fourth-order valence-electron chi connectivity index (χ4n) is 2.36. The normalized spacial score (nSPS) is 11.1. The first-order valence-electron chi connectivity index (χ1n) is 7.44. The first-order chi connectivity index (χ1) is 10.4. The molecular weight excluding hydrogens is 282 g/mol. The van der Waals surface area contributed by atoms with E-state index in [0.29, 0.717) is 18.5 Å². The van der Waals surface area contributed by atoms with Crippen LogP contribution in [0.2, 0.25) is 0 Å². The minimum atomic E-state index is -0.960. The Morgan fingerprint density at radius 1 is 1.36 bits per heavy atom. The molecule has 1 heterocycles. The van der Waals surface area contributed by atoms with Gasteiger partial charge in [0.1, 0.15) is 5.82 Å². The summed E-state index contributed by atoms with van der Waals surface area (Å²) in [5.74, 6) is -0.127. The van der Waals surface area contributed by atoms with E-state index in [4.69, 9.17) is 5.11 Å². The van der Waals surface area contributed by atoms with Gasteiger partial charge in [-0.1, -0.05) is 13.8 Å². The van der Waals surface area contributed by atoms with Gasteiger partial charge < -0.3 is 15.0 Å². The average molecular weight is 303 g/mol. The molecule has 0 bridgehead atoms. The fourth-order valence-corrected chi connectivity index (χ4v) is 2.36. The number of benzene rings is 1. The number of carbonyl (C=O) groups is 2. The summed E-state index contributed by atoms with van der Waals surface area (Å²) in [5, 5.41) is 11.9. The van der Waals surface area contributed by atoms with Crippen LogP contribution in [-0.4, -0.2) is 33.1 Å². The van der Waals surface area contributed by atoms with Crippen molar-refractivity contribution in [3.8, 4) is 0 Å². The van der Waals surface area contributed by atoms with Crippen LogP contribution >= 0.6 is 0 Å². The number of nitrogens with one attached hydrogen (secondary N) is 1. The number of aryl methyl sites for hydroxylation is 1. The molecular formula is C16H21N3O3. The Morgan fingerprint density at radius 3 is 2.68 bits per heavy atom. The van der Waals surface area contributed by atoms with E-state index >= 15 is 0 Å². The van der Waals surface area contributed by atoms with Crippen molar-refractivity contribution in [1.82, 2.24) is 14.9 Å². The molecule has 0 aliphatic carbocycles. The van der Waals surface area contributed by atoms with Gasteiger partial charge in [0, 0.05) is 25.4 Å². The number of aromatic carboxylic acids is 1. The molecule has 1 aromatic carbocycles. The van der Waals surface area contributed by atoms with Gasteiger partial charge in [0.05, 0.1) is 16.6 Å². The van der Waals surface area contributed by atoms with Gasteiger partial charge in [-0.25, -0.2) is 9.78 Å². The molecule has 0 fully saturated rings. The predicted octanol–water partition coefficient (Wildman–Crippen LogP) is 2.07. The highest BCUT2D eigenvalue weighted by Gasteiger charge is 2.13. The van der Waals surface area contributed by atoms with Gasteiger partial charge in [-0.3, -0.25) is 4.79 Å². The van der Waals surface area contributed by atoms with Crippen molar-refractivity contribution in [2.24, 2.45) is 5.92 Å². The number of nitrogens with zero attached hydrogens (tertiary/aromatic N) is 2. The maximum atomic E-state index is 11.6. The zero-order valence-corrected chi connectivity index (χ0v) is 13.1. The topological polar surface area (TPSA) is 84.2 Å². The number of hydrogen-bond acceptors (Lipinski definition) is 3. The van der Waals surface area contributed by atoms with Crippen molar-refractivity contribution in [2.45, 2.75) is 33.7 Å². The van der Waals surface area contributed by atoms with E-state index in [-0.39, 0.29) is 17.4 Å². The van der Waals surface area contributed by atoms with Gasteiger partial charge in [0.25, 0.3) is 0 Å². The first-order valence-corrected chi connectivity index (χ1v) is 7.44. The molecule has 0 unspecified atom stereocenters. The van der Waals surface area contributed by atoms with E-state index in [1.165, 1.54) is 0 Å². The number of rotatable bonds is 6. The summed E-state index contributed by atoms with van der Waals surface area (Å²) in [4.78, 5) is 27.1. The molecule has 0 saturated heterocycles. The molecule has 118 valence electrons. The molecule has 0 radical (unpaired) electrons. The minimum Gasteiger partial charge on any atom is -0.478 e. The second kappa shape index (κ2) is 6.60. The number of amides is 1. The van der Waals surface area contributed by atoms with E-state index in [2.05, 4.69) is 10.3 Å². The first kappa shape index (κ1) is 16.0. The Kier molecular flexibility index (Phi) is 4.80. The molecule has 1 amide bonds. The Labute approximate surface area is 129 Å². The highest BCUT2D eigenvalue weighted by atomic mass is 16.4. The van der Waals surface area contributed by atoms with E-state index < -0.39 is 5.97 Å². The Hall–Kier alpha value is -2.37. The molecule has 2 N–H and O–H groups in total. The zero-order chi connectivity index (χ0) is 16.3. The van der Waals surface area contributed by atoms with Crippen LogP contribution in [0.25, 0.3) is 11.0 Å². The largest absolute Gasteiger partial charge is 0.478 e. The molecule has 2 rings (SSSR count). The number of aromatic nitrogens is 2. The predicted molar refractivity (Wildman–Crippen MR) is 83.9 cm³/mol. The molecule has 0 spiro atoms. The molecule has 2 aromatic rings. The lowest BCUT2D eigenvalue weighted by atomic mass is 10.2. The summed E-state index contributed by atoms with van der Waals surface area (Å²) in [6, 6.07) is 4.95. The number of fused-ring (bicyclic) bond motifs is 1. The van der Waals surface area contributed by atoms with E-state index in [1.807, 2.05) is 25.3 Å². The maximum Gasteiger partial charge on any atom is 0.335 e. The second-order valence-corrected chi connectivity index (χ2v) is 5.48. The van der Waals surface area contributed by atoms with Crippen molar-refractivity contribution in [2.75, 3.05) is 6.54 Å². The smallest absolute Gasteiger partial charge is 0.335 e. The summed E-state index contributed by atoms with van der Waals surface area (Å²) in [6.07, 6.45) is 0.614. The molecule has 6 nitrogen and oxygen atoms in total. The lowest BCUT2D eigenvalue weighted by Gasteiger charge is -2.09. The summed E-state index contributed by atoms with van der Waals surface area (Å²) in [6.45, 7) is 6.99. The van der Waals surface area contributed by atoms with Crippen LogP contribution in [0.1, 0.15) is 37.0 Å². The summed E-state index contributed by atoms with van der Waals surface area (Å²) < 4.78 is 2.04. The molecule has 0 aliphatic heterocycles. The van der Waals surface area contributed by atoms with Crippen LogP contribution in [0.5, 0.6) is 0 Å². The molecule has 22 heavy (non-hydrogen) atoms. The van der Waals surface area contributed by atoms with Crippen LogP contribution in [-0.2, 0) is 17.8 Å². The summed E-state index contributed by atoms with van der Waals surface area (Å²) in [5.41, 5.74) is 1.82. The lowest BCUT2D eigenvalue weighted by Crippen LogP contribution is -2.30. The second-order valence-electron chi connectivity index (χ2n) is 5.48. The van der Waals surface area contributed by atoms with E-state index in [1.54, 1.807) is 18.2 Å². The third kappa shape index (κ3) is 3.27. The van der Waals surface area contributed by atoms with Gasteiger partial charge in [-0.05, 0) is 25.1 Å². The van der Waals surface area contributed by atoms with Gasteiger partial charge in [-0.2, -0.15) is 0 Å². The lowest BCUT2D eigenvalue weighted by molar-refractivity contribution is -0.123. The minimum absolute atomic E-state index is 0.0207. The maximum absolute atomic E-state index is 11.6. The van der Waals surface area contributed by atoms with E-state index in [9.17, 15) is 9.59 Å². The SMILES string of the molecule is CCn1c(CCNC(=O)C(C)C)nc2cc(C(=O)O)ccc21. The monoisotopic (exact) mass is 303 g/mol. The third-order valence-corrected chi connectivity index (χ3v) is 3.56. The van der Waals surface area contributed by atoms with Gasteiger partial charge >= 0.3 is 5.97 Å². The van der Waals surface area contributed by atoms with Gasteiger partial charge in [-0.15, -0.1) is 0 Å². The summed E-state index contributed by atoms with van der Waals surface area (Å²) in [7, 11) is 0. The zero-order valence-electron chi connectivity index (χ0n) is 13.1.